The highest BCUT2D eigenvalue weighted by molar-refractivity contribution is 5.18. The molecule has 0 aliphatic rings. The van der Waals surface area contributed by atoms with Crippen molar-refractivity contribution in [2.75, 3.05) is 0 Å². The van der Waals surface area contributed by atoms with E-state index in [4.69, 9.17) is 0 Å². The van der Waals surface area contributed by atoms with Gasteiger partial charge in [0, 0.05) is 12.4 Å². The highest BCUT2D eigenvalue weighted by Gasteiger charge is 2.17. The summed E-state index contributed by atoms with van der Waals surface area (Å²) in [6.45, 7) is 0. The van der Waals surface area contributed by atoms with Crippen molar-refractivity contribution in [1.29, 1.82) is 0 Å². The molecule has 0 spiro atoms. The van der Waals surface area contributed by atoms with Crippen LogP contribution in [-0.2, 0) is 6.42 Å². The fraction of sp³-hybridized carbons (Fsp3) is 0.267. The first kappa shape index (κ1) is 12.7. The van der Waals surface area contributed by atoms with Crippen LogP contribution in [0, 0.1) is 0 Å². The first-order valence-electron chi connectivity index (χ1n) is 6.07. The molecule has 2 unspecified atom stereocenters. The van der Waals surface area contributed by atoms with Crippen LogP contribution in [0.3, 0.4) is 0 Å². The van der Waals surface area contributed by atoms with E-state index in [1.54, 1.807) is 12.4 Å². The third-order valence-corrected chi connectivity index (χ3v) is 2.96. The largest absolute Gasteiger partial charge is 0.390 e. The van der Waals surface area contributed by atoms with Crippen molar-refractivity contribution in [2.24, 2.45) is 0 Å². The highest BCUT2D eigenvalue weighted by Crippen LogP contribution is 2.19. The van der Waals surface area contributed by atoms with E-state index in [9.17, 15) is 10.2 Å². The lowest BCUT2D eigenvalue weighted by atomic mass is 9.99. The molecule has 0 amide bonds. The summed E-state index contributed by atoms with van der Waals surface area (Å²) in [7, 11) is 0. The van der Waals surface area contributed by atoms with Crippen molar-refractivity contribution in [3.05, 3.63) is 66.0 Å². The molecule has 0 saturated carbocycles. The minimum Gasteiger partial charge on any atom is -0.390 e. The Kier molecular flexibility index (Phi) is 4.45. The van der Waals surface area contributed by atoms with Gasteiger partial charge in [-0.2, -0.15) is 0 Å². The Morgan fingerprint density at radius 3 is 2.44 bits per heavy atom. The van der Waals surface area contributed by atoms with Crippen molar-refractivity contribution in [3.8, 4) is 0 Å². The quantitative estimate of drug-likeness (QED) is 0.845. The third kappa shape index (κ3) is 3.39. The molecule has 2 rings (SSSR count). The zero-order valence-electron chi connectivity index (χ0n) is 10.1. The van der Waals surface area contributed by atoms with Gasteiger partial charge in [-0.15, -0.1) is 0 Å². The number of pyridine rings is 1. The van der Waals surface area contributed by atoms with Crippen molar-refractivity contribution >= 4 is 0 Å². The van der Waals surface area contributed by atoms with Gasteiger partial charge in [-0.05, 0) is 30.0 Å². The van der Waals surface area contributed by atoms with Gasteiger partial charge >= 0.3 is 0 Å². The summed E-state index contributed by atoms with van der Waals surface area (Å²) in [5, 5.41) is 20.0. The minimum absolute atomic E-state index is 0.516. The van der Waals surface area contributed by atoms with Crippen LogP contribution in [0.15, 0.2) is 54.9 Å². The van der Waals surface area contributed by atoms with Crippen molar-refractivity contribution in [3.63, 3.8) is 0 Å². The average molecular weight is 243 g/mol. The Bertz CT molecular complexity index is 458. The molecule has 94 valence electrons. The Hall–Kier alpha value is -1.71. The molecule has 0 aliphatic heterocycles. The van der Waals surface area contributed by atoms with Gasteiger partial charge in [0.15, 0.2) is 0 Å². The monoisotopic (exact) mass is 243 g/mol. The van der Waals surface area contributed by atoms with E-state index >= 15 is 0 Å². The molecule has 0 radical (unpaired) electrons. The molecule has 0 aliphatic carbocycles. The molecule has 2 atom stereocenters. The molecule has 0 fully saturated rings. The normalized spacial score (nSPS) is 14.1. The minimum atomic E-state index is -0.831. The zero-order valence-corrected chi connectivity index (χ0v) is 10.1. The summed E-state index contributed by atoms with van der Waals surface area (Å²) in [5.41, 5.74) is 1.81. The molecule has 3 heteroatoms. The zero-order chi connectivity index (χ0) is 12.8. The summed E-state index contributed by atoms with van der Waals surface area (Å²) >= 11 is 0. The number of rotatable bonds is 5. The van der Waals surface area contributed by atoms with Gasteiger partial charge in [-0.3, -0.25) is 4.98 Å². The standard InChI is InChI=1S/C15H17NO2/c17-14(9-8-12-5-4-10-16-11-12)15(18)13-6-2-1-3-7-13/h1-7,10-11,14-15,17-18H,8-9H2. The maximum absolute atomic E-state index is 10.0. The van der Waals surface area contributed by atoms with Gasteiger partial charge in [-0.1, -0.05) is 36.4 Å². The molecular weight excluding hydrogens is 226 g/mol. The number of hydrogen-bond donors (Lipinski definition) is 2. The molecule has 1 heterocycles. The number of aromatic nitrogens is 1. The highest BCUT2D eigenvalue weighted by atomic mass is 16.3. The van der Waals surface area contributed by atoms with E-state index in [0.29, 0.717) is 12.8 Å². The number of aryl methyl sites for hydroxylation is 1. The molecule has 3 nitrogen and oxygen atoms in total. The lowest BCUT2D eigenvalue weighted by Gasteiger charge is -2.18. The first-order chi connectivity index (χ1) is 8.77. The fourth-order valence-corrected chi connectivity index (χ4v) is 1.89. The van der Waals surface area contributed by atoms with Crippen LogP contribution in [0.2, 0.25) is 0 Å². The first-order valence-corrected chi connectivity index (χ1v) is 6.07. The summed E-state index contributed by atoms with van der Waals surface area (Å²) in [6.07, 6.45) is 3.14. The Labute approximate surface area is 107 Å². The summed E-state index contributed by atoms with van der Waals surface area (Å²) in [6, 6.07) is 13.1. The second-order valence-corrected chi connectivity index (χ2v) is 4.32. The van der Waals surface area contributed by atoms with Crippen LogP contribution in [0.1, 0.15) is 23.7 Å². The van der Waals surface area contributed by atoms with Gasteiger partial charge in [0.1, 0.15) is 6.10 Å². The second kappa shape index (κ2) is 6.28. The maximum atomic E-state index is 10.0. The molecule has 18 heavy (non-hydrogen) atoms. The van der Waals surface area contributed by atoms with Crippen LogP contribution in [0.5, 0.6) is 0 Å². The van der Waals surface area contributed by atoms with Crippen LogP contribution in [0.25, 0.3) is 0 Å². The predicted molar refractivity (Wildman–Crippen MR) is 70.0 cm³/mol. The maximum Gasteiger partial charge on any atom is 0.105 e. The van der Waals surface area contributed by atoms with Crippen LogP contribution < -0.4 is 0 Å². The second-order valence-electron chi connectivity index (χ2n) is 4.32. The van der Waals surface area contributed by atoms with E-state index in [2.05, 4.69) is 4.98 Å². The van der Waals surface area contributed by atoms with Crippen molar-refractivity contribution < 1.29 is 10.2 Å². The fourth-order valence-electron chi connectivity index (χ4n) is 1.89. The van der Waals surface area contributed by atoms with Gasteiger partial charge < -0.3 is 10.2 Å². The van der Waals surface area contributed by atoms with Gasteiger partial charge in [0.25, 0.3) is 0 Å². The summed E-state index contributed by atoms with van der Waals surface area (Å²) < 4.78 is 0. The lowest BCUT2D eigenvalue weighted by molar-refractivity contribution is 0.0137. The van der Waals surface area contributed by atoms with Gasteiger partial charge in [-0.25, -0.2) is 0 Å². The van der Waals surface area contributed by atoms with Gasteiger partial charge in [0.05, 0.1) is 6.10 Å². The van der Waals surface area contributed by atoms with Gasteiger partial charge in [0.2, 0.25) is 0 Å². The number of hydrogen-bond acceptors (Lipinski definition) is 3. The molecule has 0 bridgehead atoms. The van der Waals surface area contributed by atoms with Crippen LogP contribution in [0.4, 0.5) is 0 Å². The van der Waals surface area contributed by atoms with Crippen molar-refractivity contribution in [1.82, 2.24) is 4.98 Å². The van der Waals surface area contributed by atoms with E-state index in [0.717, 1.165) is 11.1 Å². The summed E-state index contributed by atoms with van der Waals surface area (Å²) in [5.74, 6) is 0. The molecule has 2 aromatic rings. The Balaban J connectivity index is 1.90. The SMILES string of the molecule is OC(CCc1cccnc1)C(O)c1ccccc1. The number of aliphatic hydroxyl groups is 2. The number of benzene rings is 1. The molecule has 1 aromatic carbocycles. The molecule has 0 saturated heterocycles. The molecule has 1 aromatic heterocycles. The Morgan fingerprint density at radius 2 is 1.78 bits per heavy atom. The van der Waals surface area contributed by atoms with E-state index < -0.39 is 12.2 Å². The Morgan fingerprint density at radius 1 is 1.00 bits per heavy atom. The number of nitrogens with zero attached hydrogens (tertiary/aromatic N) is 1. The molecular formula is C15H17NO2. The van der Waals surface area contributed by atoms with E-state index in [1.165, 1.54) is 0 Å². The average Bonchev–Trinajstić information content (AvgIpc) is 2.46. The van der Waals surface area contributed by atoms with Crippen molar-refractivity contribution in [2.45, 2.75) is 25.0 Å². The van der Waals surface area contributed by atoms with E-state index in [-0.39, 0.29) is 0 Å². The lowest BCUT2D eigenvalue weighted by Crippen LogP contribution is -2.18. The van der Waals surface area contributed by atoms with Crippen LogP contribution >= 0.6 is 0 Å². The smallest absolute Gasteiger partial charge is 0.105 e. The third-order valence-electron chi connectivity index (χ3n) is 2.96. The van der Waals surface area contributed by atoms with Crippen LogP contribution in [-0.4, -0.2) is 21.3 Å². The van der Waals surface area contributed by atoms with E-state index in [1.807, 2.05) is 42.5 Å². The summed E-state index contributed by atoms with van der Waals surface area (Å²) in [4.78, 5) is 4.02. The number of aliphatic hydroxyl groups excluding tert-OH is 2. The molecule has 2 N–H and O–H groups in total. The predicted octanol–water partition coefficient (Wildman–Crippen LogP) is 2.11. The topological polar surface area (TPSA) is 53.4 Å².